The lowest BCUT2D eigenvalue weighted by molar-refractivity contribution is 0.112. The summed E-state index contributed by atoms with van der Waals surface area (Å²) < 4.78 is 11.0. The summed E-state index contributed by atoms with van der Waals surface area (Å²) in [5.41, 5.74) is 1.76. The Morgan fingerprint density at radius 1 is 1.25 bits per heavy atom. The smallest absolute Gasteiger partial charge is 0.161 e. The normalized spacial score (nSPS) is 14.9. The number of allylic oxidation sites excluding steroid dienone is 3. The second-order valence-corrected chi connectivity index (χ2v) is 5.09. The molecule has 0 unspecified atom stereocenters. The van der Waals surface area contributed by atoms with Crippen molar-refractivity contribution < 1.29 is 14.3 Å². The first kappa shape index (κ1) is 14.7. The molecule has 1 aliphatic carbocycles. The lowest BCUT2D eigenvalue weighted by Gasteiger charge is -2.12. The first-order valence-electron chi connectivity index (χ1n) is 6.53. The number of rotatable bonds is 5. The molecular formula is C16H17ClO3. The van der Waals surface area contributed by atoms with Crippen LogP contribution in [0, 0.1) is 0 Å². The van der Waals surface area contributed by atoms with Gasteiger partial charge in [0.2, 0.25) is 0 Å². The number of halogens is 1. The molecule has 1 aromatic rings. The number of carbonyl (C=O) groups excluding carboxylic acids is 1. The molecule has 0 aromatic heterocycles. The third-order valence-electron chi connectivity index (χ3n) is 3.15. The molecule has 1 aromatic carbocycles. The SMILES string of the molecule is COc1cc(C=O)ccc1OCC1=CC=C(Cl)CCC1. The van der Waals surface area contributed by atoms with Crippen LogP contribution in [0.5, 0.6) is 11.5 Å². The first-order valence-corrected chi connectivity index (χ1v) is 6.91. The summed E-state index contributed by atoms with van der Waals surface area (Å²) in [5, 5.41) is 0.882. The summed E-state index contributed by atoms with van der Waals surface area (Å²) in [6.07, 6.45) is 7.65. The number of ether oxygens (including phenoxy) is 2. The molecule has 4 heteroatoms. The molecule has 0 N–H and O–H groups in total. The average Bonchev–Trinajstić information content (AvgIpc) is 2.69. The van der Waals surface area contributed by atoms with E-state index in [1.54, 1.807) is 25.3 Å². The van der Waals surface area contributed by atoms with Gasteiger partial charge < -0.3 is 9.47 Å². The monoisotopic (exact) mass is 292 g/mol. The van der Waals surface area contributed by atoms with Crippen LogP contribution in [0.3, 0.4) is 0 Å². The number of methoxy groups -OCH3 is 1. The zero-order valence-electron chi connectivity index (χ0n) is 11.4. The molecule has 0 saturated carbocycles. The highest BCUT2D eigenvalue weighted by molar-refractivity contribution is 6.29. The maximum atomic E-state index is 10.7. The largest absolute Gasteiger partial charge is 0.493 e. The Labute approximate surface area is 123 Å². The molecule has 3 nitrogen and oxygen atoms in total. The maximum absolute atomic E-state index is 10.7. The number of hydrogen-bond acceptors (Lipinski definition) is 3. The van der Waals surface area contributed by atoms with Crippen LogP contribution in [0.2, 0.25) is 0 Å². The van der Waals surface area contributed by atoms with E-state index in [1.807, 2.05) is 12.2 Å². The zero-order chi connectivity index (χ0) is 14.4. The lowest BCUT2D eigenvalue weighted by Crippen LogP contribution is -2.03. The van der Waals surface area contributed by atoms with Gasteiger partial charge in [-0.25, -0.2) is 0 Å². The average molecular weight is 293 g/mol. The molecule has 0 saturated heterocycles. The molecule has 0 heterocycles. The van der Waals surface area contributed by atoms with Crippen LogP contribution in [-0.4, -0.2) is 20.0 Å². The first-order chi connectivity index (χ1) is 9.72. The molecule has 2 rings (SSSR count). The van der Waals surface area contributed by atoms with Crippen LogP contribution in [0.4, 0.5) is 0 Å². The Hall–Kier alpha value is -1.74. The fraction of sp³-hybridized carbons (Fsp3) is 0.312. The van der Waals surface area contributed by atoms with Crippen LogP contribution in [0.1, 0.15) is 29.6 Å². The van der Waals surface area contributed by atoms with E-state index >= 15 is 0 Å². The predicted octanol–water partition coefficient (Wildman–Crippen LogP) is 4.12. The van der Waals surface area contributed by atoms with Crippen molar-refractivity contribution in [1.29, 1.82) is 0 Å². The van der Waals surface area contributed by atoms with Gasteiger partial charge in [-0.1, -0.05) is 17.7 Å². The van der Waals surface area contributed by atoms with E-state index in [9.17, 15) is 4.79 Å². The highest BCUT2D eigenvalue weighted by Gasteiger charge is 2.08. The Morgan fingerprint density at radius 2 is 2.10 bits per heavy atom. The minimum absolute atomic E-state index is 0.497. The standard InChI is InChI=1S/C16H17ClO3/c1-19-16-9-13(10-18)6-8-15(16)20-11-12-3-2-4-14(17)7-5-12/h5-10H,2-4,11H2,1H3. The van der Waals surface area contributed by atoms with Crippen molar-refractivity contribution in [3.05, 3.63) is 46.5 Å². The van der Waals surface area contributed by atoms with E-state index in [0.717, 1.165) is 30.6 Å². The van der Waals surface area contributed by atoms with Crippen molar-refractivity contribution in [2.75, 3.05) is 13.7 Å². The van der Waals surface area contributed by atoms with E-state index in [1.165, 1.54) is 5.57 Å². The molecule has 0 radical (unpaired) electrons. The fourth-order valence-electron chi connectivity index (χ4n) is 2.03. The summed E-state index contributed by atoms with van der Waals surface area (Å²) >= 11 is 6.01. The molecular weight excluding hydrogens is 276 g/mol. The Morgan fingerprint density at radius 3 is 2.85 bits per heavy atom. The van der Waals surface area contributed by atoms with E-state index < -0.39 is 0 Å². The molecule has 0 fully saturated rings. The third kappa shape index (κ3) is 3.87. The minimum Gasteiger partial charge on any atom is -0.493 e. The van der Waals surface area contributed by atoms with Gasteiger partial charge in [0.15, 0.2) is 11.5 Å². The number of hydrogen-bond donors (Lipinski definition) is 0. The van der Waals surface area contributed by atoms with Gasteiger partial charge in [-0.15, -0.1) is 0 Å². The molecule has 0 amide bonds. The lowest BCUT2D eigenvalue weighted by atomic mass is 10.1. The van der Waals surface area contributed by atoms with E-state index in [4.69, 9.17) is 21.1 Å². The number of aldehydes is 1. The molecule has 0 aliphatic heterocycles. The highest BCUT2D eigenvalue weighted by Crippen LogP contribution is 2.29. The van der Waals surface area contributed by atoms with Gasteiger partial charge in [0, 0.05) is 10.6 Å². The summed E-state index contributed by atoms with van der Waals surface area (Å²) in [6, 6.07) is 5.13. The van der Waals surface area contributed by atoms with Crippen LogP contribution in [0.25, 0.3) is 0 Å². The van der Waals surface area contributed by atoms with Crippen molar-refractivity contribution >= 4 is 17.9 Å². The number of carbonyl (C=O) groups is 1. The van der Waals surface area contributed by atoms with Gasteiger partial charge in [0.1, 0.15) is 12.9 Å². The van der Waals surface area contributed by atoms with Crippen molar-refractivity contribution in [2.24, 2.45) is 0 Å². The Kier molecular flexibility index (Phi) is 5.24. The second kappa shape index (κ2) is 7.15. The van der Waals surface area contributed by atoms with Crippen LogP contribution < -0.4 is 9.47 Å². The van der Waals surface area contributed by atoms with Gasteiger partial charge >= 0.3 is 0 Å². The quantitative estimate of drug-likeness (QED) is 0.766. The highest BCUT2D eigenvalue weighted by atomic mass is 35.5. The Bertz CT molecular complexity index is 547. The van der Waals surface area contributed by atoms with Gasteiger partial charge in [-0.3, -0.25) is 4.79 Å². The fourth-order valence-corrected chi connectivity index (χ4v) is 2.22. The van der Waals surface area contributed by atoms with Gasteiger partial charge in [0.05, 0.1) is 7.11 Å². The van der Waals surface area contributed by atoms with Crippen molar-refractivity contribution in [2.45, 2.75) is 19.3 Å². The second-order valence-electron chi connectivity index (χ2n) is 4.61. The molecule has 1 aliphatic rings. The maximum Gasteiger partial charge on any atom is 0.161 e. The van der Waals surface area contributed by atoms with Crippen LogP contribution in [0.15, 0.2) is 41.0 Å². The number of benzene rings is 1. The Balaban J connectivity index is 2.05. The third-order valence-corrected chi connectivity index (χ3v) is 3.47. The van der Waals surface area contributed by atoms with Gasteiger partial charge in [0.25, 0.3) is 0 Å². The molecule has 0 spiro atoms. The minimum atomic E-state index is 0.497. The predicted molar refractivity (Wildman–Crippen MR) is 79.7 cm³/mol. The van der Waals surface area contributed by atoms with Crippen LogP contribution >= 0.6 is 11.6 Å². The van der Waals surface area contributed by atoms with E-state index in [2.05, 4.69) is 0 Å². The molecule has 20 heavy (non-hydrogen) atoms. The topological polar surface area (TPSA) is 35.5 Å². The van der Waals surface area contributed by atoms with Crippen molar-refractivity contribution in [3.63, 3.8) is 0 Å². The van der Waals surface area contributed by atoms with E-state index in [0.29, 0.717) is 23.7 Å². The summed E-state index contributed by atoms with van der Waals surface area (Å²) in [4.78, 5) is 10.7. The summed E-state index contributed by atoms with van der Waals surface area (Å²) in [5.74, 6) is 1.20. The molecule has 0 atom stereocenters. The van der Waals surface area contributed by atoms with E-state index in [-0.39, 0.29) is 0 Å². The van der Waals surface area contributed by atoms with Crippen molar-refractivity contribution in [1.82, 2.24) is 0 Å². The summed E-state index contributed by atoms with van der Waals surface area (Å²) in [6.45, 7) is 0.497. The molecule has 106 valence electrons. The van der Waals surface area contributed by atoms with Crippen molar-refractivity contribution in [3.8, 4) is 11.5 Å². The summed E-state index contributed by atoms with van der Waals surface area (Å²) in [7, 11) is 1.56. The zero-order valence-corrected chi connectivity index (χ0v) is 12.2. The van der Waals surface area contributed by atoms with Gasteiger partial charge in [-0.05, 0) is 49.1 Å². The van der Waals surface area contributed by atoms with Gasteiger partial charge in [-0.2, -0.15) is 0 Å². The molecule has 0 bridgehead atoms. The van der Waals surface area contributed by atoms with Crippen LogP contribution in [-0.2, 0) is 0 Å².